The number of fused-ring (bicyclic) bond motifs is 3. The lowest BCUT2D eigenvalue weighted by molar-refractivity contribution is -0.274. The smallest absolute Gasteiger partial charge is 0.406 e. The maximum atomic E-state index is 12.4. The molecule has 0 aromatic heterocycles. The Morgan fingerprint density at radius 3 is 2.27 bits per heavy atom. The summed E-state index contributed by atoms with van der Waals surface area (Å²) in [5.41, 5.74) is 7.13. The van der Waals surface area contributed by atoms with E-state index in [0.29, 0.717) is 11.8 Å². The molecule has 160 valence electrons. The molecule has 0 heterocycles. The van der Waals surface area contributed by atoms with Gasteiger partial charge in [-0.05, 0) is 96.7 Å². The number of ether oxygens (including phenoxy) is 1. The molecule has 0 saturated carbocycles. The normalized spacial score (nSPS) is 21.3. The fraction of sp³-hybridized carbons (Fsp3) is 0.462. The first-order valence-corrected chi connectivity index (χ1v) is 11.1. The highest BCUT2D eigenvalue weighted by Gasteiger charge is 2.31. The zero-order valence-electron chi connectivity index (χ0n) is 17.5. The van der Waals surface area contributed by atoms with Crippen LogP contribution in [-0.4, -0.2) is 6.36 Å². The first kappa shape index (κ1) is 21.0. The van der Waals surface area contributed by atoms with Crippen molar-refractivity contribution >= 4 is 0 Å². The zero-order valence-corrected chi connectivity index (χ0v) is 17.5. The minimum Gasteiger partial charge on any atom is -0.406 e. The number of benzene rings is 2. The highest BCUT2D eigenvalue weighted by molar-refractivity contribution is 5.46. The molecule has 0 fully saturated rings. The van der Waals surface area contributed by atoms with Gasteiger partial charge in [-0.2, -0.15) is 0 Å². The maximum absolute atomic E-state index is 12.4. The Labute approximate surface area is 177 Å². The van der Waals surface area contributed by atoms with E-state index in [-0.39, 0.29) is 5.75 Å². The van der Waals surface area contributed by atoms with Crippen LogP contribution in [0.5, 0.6) is 5.75 Å². The van der Waals surface area contributed by atoms with E-state index in [9.17, 15) is 13.2 Å². The lowest BCUT2D eigenvalue weighted by atomic mass is 9.74. The van der Waals surface area contributed by atoms with E-state index >= 15 is 0 Å². The van der Waals surface area contributed by atoms with E-state index in [0.717, 1.165) is 44.1 Å². The first-order chi connectivity index (χ1) is 14.4. The van der Waals surface area contributed by atoms with Gasteiger partial charge in [0.05, 0.1) is 0 Å². The monoisotopic (exact) mass is 414 g/mol. The van der Waals surface area contributed by atoms with Gasteiger partial charge in [0, 0.05) is 0 Å². The number of rotatable bonds is 5. The summed E-state index contributed by atoms with van der Waals surface area (Å²) in [6, 6.07) is 11.0. The van der Waals surface area contributed by atoms with Gasteiger partial charge in [-0.25, -0.2) is 0 Å². The van der Waals surface area contributed by atoms with Gasteiger partial charge in [0.15, 0.2) is 0 Å². The van der Waals surface area contributed by atoms with Crippen LogP contribution < -0.4 is 4.74 Å². The number of alkyl halides is 3. The second kappa shape index (κ2) is 8.87. The molecule has 0 N–H and O–H groups in total. The number of hydrogen-bond acceptors (Lipinski definition) is 1. The second-order valence-electron chi connectivity index (χ2n) is 8.62. The van der Waals surface area contributed by atoms with Gasteiger partial charge < -0.3 is 4.74 Å². The van der Waals surface area contributed by atoms with Crippen molar-refractivity contribution in [3.05, 3.63) is 76.4 Å². The number of halogens is 3. The summed E-state index contributed by atoms with van der Waals surface area (Å²) in [6.07, 6.45) is 9.07. The molecular formula is C26H29F3O. The molecule has 0 amide bonds. The van der Waals surface area contributed by atoms with E-state index in [1.807, 2.05) is 0 Å². The predicted octanol–water partition coefficient (Wildman–Crippen LogP) is 7.32. The van der Waals surface area contributed by atoms with Gasteiger partial charge in [-0.15, -0.1) is 13.2 Å². The van der Waals surface area contributed by atoms with Crippen LogP contribution in [0.25, 0.3) is 0 Å². The number of allylic oxidation sites excluding steroid dienone is 2. The van der Waals surface area contributed by atoms with Crippen molar-refractivity contribution in [3.63, 3.8) is 0 Å². The third-order valence-electron chi connectivity index (χ3n) is 6.53. The van der Waals surface area contributed by atoms with Crippen LogP contribution in [0.3, 0.4) is 0 Å². The van der Waals surface area contributed by atoms with Crippen molar-refractivity contribution in [1.29, 1.82) is 0 Å². The maximum Gasteiger partial charge on any atom is 0.573 e. The van der Waals surface area contributed by atoms with Gasteiger partial charge in [0.25, 0.3) is 0 Å². The summed E-state index contributed by atoms with van der Waals surface area (Å²) < 4.78 is 41.1. The quantitative estimate of drug-likeness (QED) is 0.466. The Hall–Kier alpha value is -2.23. The molecule has 0 bridgehead atoms. The van der Waals surface area contributed by atoms with Gasteiger partial charge >= 0.3 is 6.36 Å². The topological polar surface area (TPSA) is 9.23 Å². The molecule has 0 aliphatic heterocycles. The fourth-order valence-corrected chi connectivity index (χ4v) is 5.04. The molecular weight excluding hydrogens is 385 g/mol. The van der Waals surface area contributed by atoms with Gasteiger partial charge in [0.1, 0.15) is 5.75 Å². The SMILES string of the molecule is CCCC=C[C@H]1CCc2c(ccc3c2CC[C@H](c2ccc(OC(F)(F)F)cc2)C3)C1. The van der Waals surface area contributed by atoms with E-state index in [2.05, 4.69) is 35.9 Å². The van der Waals surface area contributed by atoms with Crippen LogP contribution in [0.2, 0.25) is 0 Å². The van der Waals surface area contributed by atoms with E-state index < -0.39 is 6.36 Å². The third-order valence-corrected chi connectivity index (χ3v) is 6.53. The summed E-state index contributed by atoms with van der Waals surface area (Å²) in [5, 5.41) is 0. The average Bonchev–Trinajstić information content (AvgIpc) is 2.73. The summed E-state index contributed by atoms with van der Waals surface area (Å²) in [4.78, 5) is 0. The van der Waals surface area contributed by atoms with E-state index in [1.165, 1.54) is 41.7 Å². The first-order valence-electron chi connectivity index (χ1n) is 11.1. The Kier molecular flexibility index (Phi) is 6.21. The van der Waals surface area contributed by atoms with Crippen molar-refractivity contribution in [2.45, 2.75) is 70.6 Å². The van der Waals surface area contributed by atoms with Crippen molar-refractivity contribution in [2.75, 3.05) is 0 Å². The van der Waals surface area contributed by atoms with Gasteiger partial charge in [-0.3, -0.25) is 0 Å². The molecule has 4 rings (SSSR count). The van der Waals surface area contributed by atoms with Crippen LogP contribution in [-0.2, 0) is 25.7 Å². The van der Waals surface area contributed by atoms with Crippen molar-refractivity contribution < 1.29 is 17.9 Å². The fourth-order valence-electron chi connectivity index (χ4n) is 5.04. The molecule has 2 aliphatic carbocycles. The van der Waals surface area contributed by atoms with E-state index in [4.69, 9.17) is 0 Å². The molecule has 4 heteroatoms. The highest BCUT2D eigenvalue weighted by atomic mass is 19.4. The predicted molar refractivity (Wildman–Crippen MR) is 114 cm³/mol. The lowest BCUT2D eigenvalue weighted by Gasteiger charge is -2.31. The standard InChI is InChI=1S/C26H29F3O/c1-2-3-4-5-18-6-14-24-21(16-18)7-8-22-17-20(11-15-25(22)24)19-9-12-23(13-10-19)30-26(27,28)29/h4-5,7-10,12-13,18,20H,2-3,6,11,14-17H2,1H3/t18-,20-/m0/s1. The molecule has 30 heavy (non-hydrogen) atoms. The third kappa shape index (κ3) is 4.91. The molecule has 0 saturated heterocycles. The number of unbranched alkanes of at least 4 members (excludes halogenated alkanes) is 1. The molecule has 1 nitrogen and oxygen atoms in total. The summed E-state index contributed by atoms with van der Waals surface area (Å²) >= 11 is 0. The van der Waals surface area contributed by atoms with Crippen molar-refractivity contribution in [1.82, 2.24) is 0 Å². The van der Waals surface area contributed by atoms with Crippen LogP contribution in [0.15, 0.2) is 48.6 Å². The second-order valence-corrected chi connectivity index (χ2v) is 8.62. The minimum atomic E-state index is -4.64. The Balaban J connectivity index is 1.45. The Morgan fingerprint density at radius 1 is 0.933 bits per heavy atom. The summed E-state index contributed by atoms with van der Waals surface area (Å²) in [5.74, 6) is 0.860. The minimum absolute atomic E-state index is 0.154. The molecule has 0 spiro atoms. The molecule has 0 unspecified atom stereocenters. The van der Waals surface area contributed by atoms with Crippen LogP contribution in [0, 0.1) is 5.92 Å². The lowest BCUT2D eigenvalue weighted by Crippen LogP contribution is -2.20. The molecule has 2 aromatic rings. The summed E-state index contributed by atoms with van der Waals surface area (Å²) in [6.45, 7) is 2.21. The molecule has 0 radical (unpaired) electrons. The van der Waals surface area contributed by atoms with E-state index in [1.54, 1.807) is 17.7 Å². The van der Waals surface area contributed by atoms with Crippen LogP contribution >= 0.6 is 0 Å². The largest absolute Gasteiger partial charge is 0.573 e. The zero-order chi connectivity index (χ0) is 21.1. The van der Waals surface area contributed by atoms with Crippen molar-refractivity contribution in [3.8, 4) is 5.75 Å². The molecule has 2 atom stereocenters. The van der Waals surface area contributed by atoms with Crippen LogP contribution in [0.1, 0.15) is 66.3 Å². The van der Waals surface area contributed by atoms with Crippen LogP contribution in [0.4, 0.5) is 13.2 Å². The van der Waals surface area contributed by atoms with Crippen molar-refractivity contribution in [2.24, 2.45) is 5.92 Å². The van der Waals surface area contributed by atoms with Gasteiger partial charge in [-0.1, -0.05) is 49.8 Å². The average molecular weight is 415 g/mol. The Bertz CT molecular complexity index is 896. The number of hydrogen-bond donors (Lipinski definition) is 0. The molecule has 2 aromatic carbocycles. The Morgan fingerprint density at radius 2 is 1.60 bits per heavy atom. The highest BCUT2D eigenvalue weighted by Crippen LogP contribution is 2.39. The molecule has 2 aliphatic rings. The summed E-state index contributed by atoms with van der Waals surface area (Å²) in [7, 11) is 0. The van der Waals surface area contributed by atoms with Gasteiger partial charge in [0.2, 0.25) is 0 Å².